The third kappa shape index (κ3) is 3.25. The van der Waals surface area contributed by atoms with Gasteiger partial charge in [0.2, 0.25) is 0 Å². The molecule has 1 N–H and O–H groups in total. The molecule has 2 atom stereocenters. The number of carbonyl (C=O) groups is 1. The molecule has 1 aliphatic rings. The third-order valence-corrected chi connectivity index (χ3v) is 3.96. The summed E-state index contributed by atoms with van der Waals surface area (Å²) in [5, 5.41) is 8.84. The summed E-state index contributed by atoms with van der Waals surface area (Å²) in [7, 11) is 0. The molecule has 2 unspecified atom stereocenters. The molecule has 0 spiro atoms. The van der Waals surface area contributed by atoms with Gasteiger partial charge in [-0.05, 0) is 65.7 Å². The number of aliphatic carboxylic acids is 1. The molecule has 0 radical (unpaired) electrons. The molecule has 1 aromatic rings. The van der Waals surface area contributed by atoms with Gasteiger partial charge in [-0.1, -0.05) is 6.07 Å². The molecule has 1 saturated carbocycles. The van der Waals surface area contributed by atoms with Gasteiger partial charge in [0.15, 0.2) is 0 Å². The molecule has 18 heavy (non-hydrogen) atoms. The molecule has 0 amide bonds. The van der Waals surface area contributed by atoms with Crippen LogP contribution >= 0.6 is 15.9 Å². The molecular formula is C14H17BrO3. The van der Waals surface area contributed by atoms with Crippen molar-refractivity contribution < 1.29 is 14.6 Å². The fourth-order valence-corrected chi connectivity index (χ4v) is 2.73. The maximum absolute atomic E-state index is 10.7. The maximum Gasteiger partial charge on any atom is 0.306 e. The van der Waals surface area contributed by atoms with Gasteiger partial charge in [0.1, 0.15) is 5.75 Å². The summed E-state index contributed by atoms with van der Waals surface area (Å²) in [5.74, 6) is 0.480. The van der Waals surface area contributed by atoms with Crippen molar-refractivity contribution in [3.63, 3.8) is 0 Å². The van der Waals surface area contributed by atoms with E-state index in [1.807, 2.05) is 19.1 Å². The number of halogens is 1. The summed E-state index contributed by atoms with van der Waals surface area (Å²) in [5.41, 5.74) is 1.22. The molecule has 98 valence electrons. The number of ether oxygens (including phenoxy) is 1. The van der Waals surface area contributed by atoms with E-state index in [9.17, 15) is 4.79 Å². The molecule has 2 rings (SSSR count). The summed E-state index contributed by atoms with van der Waals surface area (Å²) >= 11 is 3.49. The second kappa shape index (κ2) is 5.74. The second-order valence-corrected chi connectivity index (χ2v) is 5.53. The Kier molecular flexibility index (Phi) is 4.27. The zero-order chi connectivity index (χ0) is 13.1. The van der Waals surface area contributed by atoms with E-state index in [4.69, 9.17) is 9.84 Å². The first-order valence-electron chi connectivity index (χ1n) is 6.25. The molecule has 1 fully saturated rings. The molecule has 4 heteroatoms. The first-order valence-corrected chi connectivity index (χ1v) is 7.05. The normalized spacial score (nSPS) is 21.7. The van der Waals surface area contributed by atoms with Crippen molar-refractivity contribution in [2.45, 2.75) is 26.2 Å². The van der Waals surface area contributed by atoms with Crippen LogP contribution in [0.25, 0.3) is 0 Å². The predicted molar refractivity (Wildman–Crippen MR) is 72.9 cm³/mol. The van der Waals surface area contributed by atoms with Gasteiger partial charge >= 0.3 is 5.97 Å². The summed E-state index contributed by atoms with van der Waals surface area (Å²) < 4.78 is 6.42. The number of carboxylic acids is 1. The Balaban J connectivity index is 1.87. The fraction of sp³-hybridized carbons (Fsp3) is 0.500. The molecule has 0 heterocycles. The highest BCUT2D eigenvalue weighted by Crippen LogP contribution is 2.42. The molecule has 3 nitrogen and oxygen atoms in total. The van der Waals surface area contributed by atoms with Gasteiger partial charge < -0.3 is 9.84 Å². The standard InChI is InChI=1S/C14H17BrO3/c1-2-18-13-6-4-9(7-12(13)15)3-5-10-8-11(10)14(16)17/h4,6-7,10-11H,2-3,5,8H2,1H3,(H,16,17). The van der Waals surface area contributed by atoms with Gasteiger partial charge in [-0.3, -0.25) is 4.79 Å². The zero-order valence-corrected chi connectivity index (χ0v) is 11.9. The number of rotatable bonds is 6. The Morgan fingerprint density at radius 3 is 2.89 bits per heavy atom. The number of hydrogen-bond donors (Lipinski definition) is 1. The van der Waals surface area contributed by atoms with Crippen molar-refractivity contribution in [3.05, 3.63) is 28.2 Å². The van der Waals surface area contributed by atoms with Gasteiger partial charge in [-0.15, -0.1) is 0 Å². The molecule has 0 aromatic heterocycles. The van der Waals surface area contributed by atoms with Crippen molar-refractivity contribution in [1.82, 2.24) is 0 Å². The monoisotopic (exact) mass is 312 g/mol. The zero-order valence-electron chi connectivity index (χ0n) is 10.4. The quantitative estimate of drug-likeness (QED) is 0.874. The molecular weight excluding hydrogens is 296 g/mol. The first-order chi connectivity index (χ1) is 8.61. The van der Waals surface area contributed by atoms with Gasteiger partial charge in [0.05, 0.1) is 17.0 Å². The lowest BCUT2D eigenvalue weighted by atomic mass is 10.1. The Morgan fingerprint density at radius 2 is 2.33 bits per heavy atom. The summed E-state index contributed by atoms with van der Waals surface area (Å²) in [6.07, 6.45) is 2.73. The number of carboxylic acid groups (broad SMARTS) is 1. The van der Waals surface area contributed by atoms with Crippen molar-refractivity contribution in [1.29, 1.82) is 0 Å². The minimum atomic E-state index is -0.645. The van der Waals surface area contributed by atoms with Crippen LogP contribution in [0.4, 0.5) is 0 Å². The van der Waals surface area contributed by atoms with E-state index in [1.54, 1.807) is 0 Å². The van der Waals surface area contributed by atoms with E-state index in [0.717, 1.165) is 29.5 Å². The van der Waals surface area contributed by atoms with Gasteiger partial charge in [-0.2, -0.15) is 0 Å². The molecule has 0 aliphatic heterocycles. The summed E-state index contributed by atoms with van der Waals surface area (Å²) in [6, 6.07) is 6.07. The van der Waals surface area contributed by atoms with Crippen molar-refractivity contribution >= 4 is 21.9 Å². The highest BCUT2D eigenvalue weighted by atomic mass is 79.9. The van der Waals surface area contributed by atoms with Crippen LogP contribution in [0.5, 0.6) is 5.75 Å². The average molecular weight is 313 g/mol. The Morgan fingerprint density at radius 1 is 1.56 bits per heavy atom. The van der Waals surface area contributed by atoms with Crippen LogP contribution in [-0.2, 0) is 11.2 Å². The van der Waals surface area contributed by atoms with Crippen LogP contribution < -0.4 is 4.74 Å². The van der Waals surface area contributed by atoms with Gasteiger partial charge in [-0.25, -0.2) is 0 Å². The largest absolute Gasteiger partial charge is 0.493 e. The van der Waals surface area contributed by atoms with E-state index in [2.05, 4.69) is 22.0 Å². The lowest BCUT2D eigenvalue weighted by molar-refractivity contribution is -0.138. The highest BCUT2D eigenvalue weighted by Gasteiger charge is 2.42. The predicted octanol–water partition coefficient (Wildman–Crippen LogP) is 3.50. The molecule has 0 bridgehead atoms. The summed E-state index contributed by atoms with van der Waals surface area (Å²) in [4.78, 5) is 10.7. The van der Waals surface area contributed by atoms with Crippen LogP contribution in [0.3, 0.4) is 0 Å². The molecule has 1 aromatic carbocycles. The fourth-order valence-electron chi connectivity index (χ4n) is 2.19. The van der Waals surface area contributed by atoms with Crippen molar-refractivity contribution in [2.75, 3.05) is 6.61 Å². The van der Waals surface area contributed by atoms with Gasteiger partial charge in [0, 0.05) is 0 Å². The van der Waals surface area contributed by atoms with Gasteiger partial charge in [0.25, 0.3) is 0 Å². The van der Waals surface area contributed by atoms with Crippen LogP contribution in [0.2, 0.25) is 0 Å². The van der Waals surface area contributed by atoms with Crippen LogP contribution in [0, 0.1) is 11.8 Å². The number of hydrogen-bond acceptors (Lipinski definition) is 2. The maximum atomic E-state index is 10.7. The summed E-state index contributed by atoms with van der Waals surface area (Å²) in [6.45, 7) is 2.61. The van der Waals surface area contributed by atoms with Crippen LogP contribution in [0.1, 0.15) is 25.3 Å². The Hall–Kier alpha value is -1.03. The Labute approximate surface area is 115 Å². The van der Waals surface area contributed by atoms with E-state index >= 15 is 0 Å². The van der Waals surface area contributed by atoms with E-state index in [0.29, 0.717) is 12.5 Å². The first kappa shape index (κ1) is 13.4. The molecule has 1 aliphatic carbocycles. The van der Waals surface area contributed by atoms with Crippen molar-refractivity contribution in [2.24, 2.45) is 11.8 Å². The number of aryl methyl sites for hydroxylation is 1. The van der Waals surface area contributed by atoms with Crippen LogP contribution in [-0.4, -0.2) is 17.7 Å². The van der Waals surface area contributed by atoms with E-state index < -0.39 is 5.97 Å². The topological polar surface area (TPSA) is 46.5 Å². The second-order valence-electron chi connectivity index (χ2n) is 4.68. The van der Waals surface area contributed by atoms with E-state index in [1.165, 1.54) is 5.56 Å². The van der Waals surface area contributed by atoms with E-state index in [-0.39, 0.29) is 5.92 Å². The lowest BCUT2D eigenvalue weighted by Gasteiger charge is -2.07. The average Bonchev–Trinajstić information content (AvgIpc) is 3.09. The highest BCUT2D eigenvalue weighted by molar-refractivity contribution is 9.10. The van der Waals surface area contributed by atoms with Crippen LogP contribution in [0.15, 0.2) is 22.7 Å². The third-order valence-electron chi connectivity index (χ3n) is 3.34. The molecule has 0 saturated heterocycles. The van der Waals surface area contributed by atoms with Crippen molar-refractivity contribution in [3.8, 4) is 5.75 Å². The number of benzene rings is 1. The minimum absolute atomic E-state index is 0.101. The minimum Gasteiger partial charge on any atom is -0.493 e. The Bertz CT molecular complexity index is 445. The SMILES string of the molecule is CCOc1ccc(CCC2CC2C(=O)O)cc1Br. The lowest BCUT2D eigenvalue weighted by Crippen LogP contribution is -2.00. The smallest absolute Gasteiger partial charge is 0.306 e.